The molecule has 15 rings (SSSR count). The van der Waals surface area contributed by atoms with Crippen molar-refractivity contribution in [3.05, 3.63) is 220 Å². The first-order valence-corrected chi connectivity index (χ1v) is 25.3. The van der Waals surface area contributed by atoms with Gasteiger partial charge in [-0.05, 0) is 170 Å². The minimum atomic E-state index is -0.543. The average Bonchev–Trinajstić information content (AvgIpc) is 3.89. The van der Waals surface area contributed by atoms with Crippen LogP contribution in [0, 0.1) is 20.8 Å². The van der Waals surface area contributed by atoms with Gasteiger partial charge in [0.2, 0.25) is 0 Å². The van der Waals surface area contributed by atoms with Crippen molar-refractivity contribution in [2.75, 3.05) is 9.71 Å². The van der Waals surface area contributed by atoms with Crippen molar-refractivity contribution in [3.63, 3.8) is 0 Å². The first-order chi connectivity index (χ1) is 34.0. The molecular formula is C66H53BN2O. The third-order valence-electron chi connectivity index (χ3n) is 17.6. The van der Waals surface area contributed by atoms with Crippen molar-refractivity contribution in [1.82, 2.24) is 0 Å². The van der Waals surface area contributed by atoms with Gasteiger partial charge < -0.3 is 14.1 Å². The SMILES string of the molecule is Cc1cc(C)c(-c2cc3c4c(c2)N2c5ccccc5C5(c6ccccc6-c6ccccc65)c5cccc(c52)B4N(c2ccc4c(c2)C(C)(C)CCC4(C)C)c2c-3ccc3c2oc2ccccc23)c(C)c1. The van der Waals surface area contributed by atoms with Crippen molar-refractivity contribution in [3.8, 4) is 33.4 Å². The van der Waals surface area contributed by atoms with Crippen LogP contribution in [0.15, 0.2) is 174 Å². The number of para-hydroxylation sites is 3. The van der Waals surface area contributed by atoms with E-state index in [1.54, 1.807) is 0 Å². The molecule has 4 heteroatoms. The maximum Gasteiger partial charge on any atom is 0.333 e. The summed E-state index contributed by atoms with van der Waals surface area (Å²) in [6.45, 7) is 16.4. The van der Waals surface area contributed by atoms with Gasteiger partial charge in [-0.15, -0.1) is 0 Å². The van der Waals surface area contributed by atoms with Gasteiger partial charge in [-0.2, -0.15) is 0 Å². The molecule has 9 aromatic carbocycles. The first-order valence-electron chi connectivity index (χ1n) is 25.3. The van der Waals surface area contributed by atoms with E-state index >= 15 is 0 Å². The van der Waals surface area contributed by atoms with Crippen molar-refractivity contribution in [2.45, 2.75) is 77.6 Å². The summed E-state index contributed by atoms with van der Waals surface area (Å²) in [7, 11) is 0. The minimum Gasteiger partial charge on any atom is -0.454 e. The molecule has 2 aliphatic carbocycles. The first kappa shape index (κ1) is 40.3. The summed E-state index contributed by atoms with van der Waals surface area (Å²) in [5, 5.41) is 2.28. The van der Waals surface area contributed by atoms with Crippen molar-refractivity contribution in [1.29, 1.82) is 0 Å². The van der Waals surface area contributed by atoms with Crippen molar-refractivity contribution in [2.24, 2.45) is 0 Å². The van der Waals surface area contributed by atoms with E-state index in [0.717, 1.165) is 34.0 Å². The van der Waals surface area contributed by atoms with Gasteiger partial charge in [-0.3, -0.25) is 0 Å². The number of fused-ring (bicyclic) bond motifs is 18. The van der Waals surface area contributed by atoms with E-state index in [0.29, 0.717) is 0 Å². The molecule has 336 valence electrons. The molecule has 1 spiro atoms. The Morgan fingerprint density at radius 3 is 1.90 bits per heavy atom. The average molecular weight is 901 g/mol. The van der Waals surface area contributed by atoms with Crippen LogP contribution in [0.4, 0.5) is 28.4 Å². The Hall–Kier alpha value is -7.56. The Bertz CT molecular complexity index is 3910. The van der Waals surface area contributed by atoms with E-state index in [2.05, 4.69) is 228 Å². The second kappa shape index (κ2) is 13.6. The highest BCUT2D eigenvalue weighted by Crippen LogP contribution is 2.64. The summed E-state index contributed by atoms with van der Waals surface area (Å²) in [4.78, 5) is 5.39. The lowest BCUT2D eigenvalue weighted by Gasteiger charge is -2.51. The summed E-state index contributed by atoms with van der Waals surface area (Å²) >= 11 is 0. The molecule has 10 aromatic rings. The van der Waals surface area contributed by atoms with Crippen LogP contribution in [-0.4, -0.2) is 6.85 Å². The summed E-state index contributed by atoms with van der Waals surface area (Å²) in [6, 6.07) is 65.5. The zero-order chi connectivity index (χ0) is 47.2. The monoisotopic (exact) mass is 900 g/mol. The highest BCUT2D eigenvalue weighted by molar-refractivity contribution is 6.94. The Morgan fingerprint density at radius 1 is 0.486 bits per heavy atom. The Labute approximate surface area is 411 Å². The number of furan rings is 1. The molecule has 1 aromatic heterocycles. The van der Waals surface area contributed by atoms with Gasteiger partial charge in [0.05, 0.1) is 16.8 Å². The molecule has 0 bridgehead atoms. The number of hydrogen-bond acceptors (Lipinski definition) is 3. The fraction of sp³-hybridized carbons (Fsp3) is 0.182. The molecule has 3 aliphatic heterocycles. The van der Waals surface area contributed by atoms with Crippen LogP contribution >= 0.6 is 0 Å². The highest BCUT2D eigenvalue weighted by Gasteiger charge is 2.56. The van der Waals surface area contributed by atoms with Crippen LogP contribution in [0.2, 0.25) is 0 Å². The fourth-order valence-corrected chi connectivity index (χ4v) is 14.6. The molecule has 0 atom stereocenters. The molecule has 0 saturated heterocycles. The third kappa shape index (κ3) is 4.96. The quantitative estimate of drug-likeness (QED) is 0.161. The number of nitrogens with zero attached hydrogens (tertiary/aromatic N) is 2. The van der Waals surface area contributed by atoms with Gasteiger partial charge in [-0.25, -0.2) is 0 Å². The number of rotatable bonds is 2. The van der Waals surface area contributed by atoms with E-state index in [1.165, 1.54) is 124 Å². The molecule has 0 fully saturated rings. The van der Waals surface area contributed by atoms with Crippen LogP contribution in [0.5, 0.6) is 0 Å². The molecule has 3 nitrogen and oxygen atoms in total. The topological polar surface area (TPSA) is 19.6 Å². The minimum absolute atomic E-state index is 0.0151. The molecule has 70 heavy (non-hydrogen) atoms. The van der Waals surface area contributed by atoms with E-state index in [4.69, 9.17) is 4.42 Å². The molecular weight excluding hydrogens is 848 g/mol. The zero-order valence-corrected chi connectivity index (χ0v) is 41.0. The second-order valence-corrected chi connectivity index (χ2v) is 22.4. The van der Waals surface area contributed by atoms with Crippen molar-refractivity contribution >= 4 is 68.1 Å². The fourth-order valence-electron chi connectivity index (χ4n) is 14.6. The zero-order valence-electron chi connectivity index (χ0n) is 41.0. The van der Waals surface area contributed by atoms with Crippen LogP contribution in [-0.2, 0) is 16.2 Å². The maximum absolute atomic E-state index is 7.23. The molecule has 0 radical (unpaired) electrons. The maximum atomic E-state index is 7.23. The van der Waals surface area contributed by atoms with Gasteiger partial charge in [0.15, 0.2) is 5.58 Å². The van der Waals surface area contributed by atoms with Crippen LogP contribution in [0.3, 0.4) is 0 Å². The molecule has 0 amide bonds. The predicted octanol–water partition coefficient (Wildman–Crippen LogP) is 15.9. The van der Waals surface area contributed by atoms with Gasteiger partial charge in [0.1, 0.15) is 5.58 Å². The largest absolute Gasteiger partial charge is 0.454 e. The normalized spacial score (nSPS) is 16.6. The van der Waals surface area contributed by atoms with Gasteiger partial charge in [-0.1, -0.05) is 161 Å². The molecule has 0 saturated carbocycles. The number of hydrogen-bond donors (Lipinski definition) is 0. The number of benzene rings is 9. The smallest absolute Gasteiger partial charge is 0.333 e. The third-order valence-corrected chi connectivity index (χ3v) is 17.6. The van der Waals surface area contributed by atoms with Gasteiger partial charge >= 0.3 is 6.85 Å². The second-order valence-electron chi connectivity index (χ2n) is 22.4. The highest BCUT2D eigenvalue weighted by atomic mass is 16.3. The lowest BCUT2D eigenvalue weighted by molar-refractivity contribution is 0.332. The molecule has 0 N–H and O–H groups in total. The van der Waals surface area contributed by atoms with Crippen LogP contribution < -0.4 is 20.6 Å². The Kier molecular flexibility index (Phi) is 7.84. The summed E-state index contributed by atoms with van der Waals surface area (Å²) in [5.74, 6) is 0. The number of anilines is 5. The van der Waals surface area contributed by atoms with Crippen LogP contribution in [0.25, 0.3) is 55.3 Å². The van der Waals surface area contributed by atoms with E-state index in [9.17, 15) is 0 Å². The molecule has 4 heterocycles. The summed E-state index contributed by atoms with van der Waals surface area (Å²) < 4.78 is 7.23. The molecule has 5 aliphatic rings. The van der Waals surface area contributed by atoms with Crippen LogP contribution in [0.1, 0.15) is 90.6 Å². The molecule has 0 unspecified atom stereocenters. The predicted molar refractivity (Wildman–Crippen MR) is 293 cm³/mol. The van der Waals surface area contributed by atoms with Crippen molar-refractivity contribution < 1.29 is 4.42 Å². The lowest BCUT2D eigenvalue weighted by atomic mass is 9.42. The van der Waals surface area contributed by atoms with E-state index in [1.807, 2.05) is 0 Å². The Morgan fingerprint density at radius 2 is 1.14 bits per heavy atom. The standard InChI is InChI=1S/C66H53BN2O/c1-38-33-39(2)59(40(3)34-38)41-35-48-46-28-29-47-45-19-10-15-26-58(45)70-63(47)61(46)69(42-27-30-51-54(37-42)65(6,7)32-31-64(51,4)5)67-55-24-16-23-53-62(55)68(57(36-41)60(48)67)56-25-14-13-22-52(56)66(53)49-20-11-8-17-43(49)44-18-9-12-21-50(44)66/h8-30,33-37H,31-32H2,1-7H3. The lowest BCUT2D eigenvalue weighted by Crippen LogP contribution is -2.62. The summed E-state index contributed by atoms with van der Waals surface area (Å²) in [6.07, 6.45) is 2.31. The number of aryl methyl sites for hydroxylation is 3. The van der Waals surface area contributed by atoms with Gasteiger partial charge in [0, 0.05) is 33.4 Å². The summed E-state index contributed by atoms with van der Waals surface area (Å²) in [5.41, 5.74) is 29.8. The van der Waals surface area contributed by atoms with E-state index < -0.39 is 5.41 Å². The van der Waals surface area contributed by atoms with Gasteiger partial charge in [0.25, 0.3) is 0 Å². The Balaban J connectivity index is 1.13. The van der Waals surface area contributed by atoms with E-state index in [-0.39, 0.29) is 17.7 Å².